The summed E-state index contributed by atoms with van der Waals surface area (Å²) in [6.07, 6.45) is 3.61. The van der Waals surface area contributed by atoms with Gasteiger partial charge in [0.15, 0.2) is 0 Å². The summed E-state index contributed by atoms with van der Waals surface area (Å²) in [5.41, 5.74) is 0.849. The summed E-state index contributed by atoms with van der Waals surface area (Å²) in [4.78, 5) is 14.5. The van der Waals surface area contributed by atoms with Gasteiger partial charge in [-0.25, -0.2) is 0 Å². The van der Waals surface area contributed by atoms with E-state index in [2.05, 4.69) is 29.5 Å². The summed E-state index contributed by atoms with van der Waals surface area (Å²) in [6.45, 7) is 3.95. The zero-order valence-corrected chi connectivity index (χ0v) is 12.3. The molecule has 0 unspecified atom stereocenters. The van der Waals surface area contributed by atoms with Gasteiger partial charge in [0.25, 0.3) is 5.91 Å². The van der Waals surface area contributed by atoms with E-state index in [0.717, 1.165) is 34.6 Å². The average molecular weight is 343 g/mol. The van der Waals surface area contributed by atoms with Gasteiger partial charge in [-0.2, -0.15) is 0 Å². The fourth-order valence-electron chi connectivity index (χ4n) is 1.96. The van der Waals surface area contributed by atoms with Gasteiger partial charge in [-0.15, -0.1) is 0 Å². The lowest BCUT2D eigenvalue weighted by atomic mass is 10.2. The van der Waals surface area contributed by atoms with Crippen LogP contribution < -0.4 is 0 Å². The second-order valence-corrected chi connectivity index (χ2v) is 5.84. The van der Waals surface area contributed by atoms with Crippen molar-refractivity contribution in [2.24, 2.45) is 5.92 Å². The van der Waals surface area contributed by atoms with Gasteiger partial charge in [0.1, 0.15) is 0 Å². The van der Waals surface area contributed by atoms with E-state index in [1.165, 1.54) is 12.8 Å². The maximum atomic E-state index is 12.4. The van der Waals surface area contributed by atoms with E-state index in [0.29, 0.717) is 0 Å². The van der Waals surface area contributed by atoms with Crippen molar-refractivity contribution < 1.29 is 4.79 Å². The number of hydrogen-bond donors (Lipinski definition) is 0. The molecule has 2 nitrogen and oxygen atoms in total. The first-order chi connectivity index (χ1) is 8.22. The highest BCUT2D eigenvalue weighted by molar-refractivity contribution is 14.1. The summed E-state index contributed by atoms with van der Waals surface area (Å²) in [5.74, 6) is 0.954. The third kappa shape index (κ3) is 3.44. The molecule has 92 valence electrons. The van der Waals surface area contributed by atoms with Crippen LogP contribution in [0.4, 0.5) is 0 Å². The molecule has 0 saturated heterocycles. The van der Waals surface area contributed by atoms with E-state index in [4.69, 9.17) is 0 Å². The molecular weight excluding hydrogens is 325 g/mol. The van der Waals surface area contributed by atoms with Crippen LogP contribution in [0.15, 0.2) is 24.3 Å². The number of hydrogen-bond acceptors (Lipinski definition) is 1. The summed E-state index contributed by atoms with van der Waals surface area (Å²) in [5, 5.41) is 0. The Kier molecular flexibility index (Phi) is 4.42. The zero-order valence-electron chi connectivity index (χ0n) is 10.2. The molecule has 0 bridgehead atoms. The van der Waals surface area contributed by atoms with Gasteiger partial charge in [-0.05, 0) is 59.9 Å². The Morgan fingerprint density at radius 1 is 1.41 bits per heavy atom. The topological polar surface area (TPSA) is 20.3 Å². The van der Waals surface area contributed by atoms with Crippen molar-refractivity contribution >= 4 is 28.5 Å². The quantitative estimate of drug-likeness (QED) is 0.749. The second kappa shape index (κ2) is 5.85. The van der Waals surface area contributed by atoms with Gasteiger partial charge in [0, 0.05) is 16.7 Å². The number of nitrogens with zero attached hydrogens (tertiary/aromatic N) is 1. The lowest BCUT2D eigenvalue weighted by molar-refractivity contribution is 0.0746. The van der Waals surface area contributed by atoms with Crippen molar-refractivity contribution in [3.8, 4) is 0 Å². The van der Waals surface area contributed by atoms with E-state index < -0.39 is 0 Å². The normalized spacial score (nSPS) is 14.7. The smallest absolute Gasteiger partial charge is 0.254 e. The van der Waals surface area contributed by atoms with Crippen LogP contribution in [0, 0.1) is 9.49 Å². The minimum absolute atomic E-state index is 0.198. The largest absolute Gasteiger partial charge is 0.338 e. The summed E-state index contributed by atoms with van der Waals surface area (Å²) in [6, 6.07) is 7.84. The minimum Gasteiger partial charge on any atom is -0.338 e. The van der Waals surface area contributed by atoms with Crippen molar-refractivity contribution in [3.05, 3.63) is 33.4 Å². The Morgan fingerprint density at radius 2 is 2.12 bits per heavy atom. The Hall–Kier alpha value is -0.580. The minimum atomic E-state index is 0.198. The predicted octanol–water partition coefficient (Wildman–Crippen LogP) is 3.55. The summed E-state index contributed by atoms with van der Waals surface area (Å²) < 4.78 is 1.05. The molecule has 2 rings (SSSR count). The van der Waals surface area contributed by atoms with Crippen molar-refractivity contribution in [1.82, 2.24) is 4.90 Å². The first-order valence-electron chi connectivity index (χ1n) is 6.26. The lowest BCUT2D eigenvalue weighted by Gasteiger charge is -2.22. The third-order valence-corrected chi connectivity index (χ3v) is 4.00. The van der Waals surface area contributed by atoms with Gasteiger partial charge >= 0.3 is 0 Å². The molecule has 0 spiro atoms. The van der Waals surface area contributed by atoms with Crippen LogP contribution in [-0.4, -0.2) is 23.9 Å². The fourth-order valence-corrected chi connectivity index (χ4v) is 2.58. The molecule has 0 heterocycles. The second-order valence-electron chi connectivity index (χ2n) is 4.67. The first kappa shape index (κ1) is 12.9. The molecule has 1 saturated carbocycles. The van der Waals surface area contributed by atoms with Gasteiger partial charge in [-0.3, -0.25) is 4.79 Å². The highest BCUT2D eigenvalue weighted by Gasteiger charge is 2.27. The molecule has 1 aromatic rings. The van der Waals surface area contributed by atoms with Crippen LogP contribution in [0.1, 0.15) is 36.5 Å². The molecule has 1 aromatic carbocycles. The molecule has 1 amide bonds. The van der Waals surface area contributed by atoms with Crippen molar-refractivity contribution in [2.75, 3.05) is 13.1 Å². The number of rotatable bonds is 5. The molecular formula is C14H18INO. The Labute approximate surface area is 117 Å². The van der Waals surface area contributed by atoms with Crippen LogP contribution in [0.5, 0.6) is 0 Å². The standard InChI is InChI=1S/C14H18INO/c1-2-9-16(10-11-7-8-11)14(17)12-5-3-4-6-13(12)15/h3-6,11H,2,7-10H2,1H3. The average Bonchev–Trinajstić information content (AvgIpc) is 3.12. The van der Waals surface area contributed by atoms with Crippen molar-refractivity contribution in [1.29, 1.82) is 0 Å². The molecule has 1 aliphatic rings. The molecule has 0 atom stereocenters. The number of halogens is 1. The number of carbonyl (C=O) groups is 1. The monoisotopic (exact) mass is 343 g/mol. The van der Waals surface area contributed by atoms with Crippen LogP contribution in [-0.2, 0) is 0 Å². The summed E-state index contributed by atoms with van der Waals surface area (Å²) >= 11 is 2.24. The predicted molar refractivity (Wildman–Crippen MR) is 78.1 cm³/mol. The Bertz CT molecular complexity index is 401. The molecule has 1 fully saturated rings. The molecule has 1 aliphatic carbocycles. The van der Waals surface area contributed by atoms with Gasteiger partial charge < -0.3 is 4.90 Å². The number of carbonyl (C=O) groups excluding carboxylic acids is 1. The maximum absolute atomic E-state index is 12.4. The SMILES string of the molecule is CCCN(CC1CC1)C(=O)c1ccccc1I. The maximum Gasteiger partial charge on any atom is 0.254 e. The molecule has 0 aromatic heterocycles. The Balaban J connectivity index is 2.11. The van der Waals surface area contributed by atoms with Crippen molar-refractivity contribution in [2.45, 2.75) is 26.2 Å². The number of benzene rings is 1. The van der Waals surface area contributed by atoms with Gasteiger partial charge in [0.2, 0.25) is 0 Å². The fraction of sp³-hybridized carbons (Fsp3) is 0.500. The van der Waals surface area contributed by atoms with Crippen LogP contribution >= 0.6 is 22.6 Å². The molecule has 0 N–H and O–H groups in total. The molecule has 0 radical (unpaired) electrons. The van der Waals surface area contributed by atoms with Crippen LogP contribution in [0.3, 0.4) is 0 Å². The van der Waals surface area contributed by atoms with E-state index in [1.54, 1.807) is 0 Å². The molecule has 17 heavy (non-hydrogen) atoms. The van der Waals surface area contributed by atoms with Crippen LogP contribution in [0.2, 0.25) is 0 Å². The summed E-state index contributed by atoms with van der Waals surface area (Å²) in [7, 11) is 0. The van der Waals surface area contributed by atoms with E-state index in [-0.39, 0.29) is 5.91 Å². The van der Waals surface area contributed by atoms with Crippen LogP contribution in [0.25, 0.3) is 0 Å². The highest BCUT2D eigenvalue weighted by atomic mass is 127. The first-order valence-corrected chi connectivity index (χ1v) is 7.34. The van der Waals surface area contributed by atoms with E-state index in [9.17, 15) is 4.79 Å². The zero-order chi connectivity index (χ0) is 12.3. The van der Waals surface area contributed by atoms with Gasteiger partial charge in [0.05, 0.1) is 5.56 Å². The van der Waals surface area contributed by atoms with Crippen molar-refractivity contribution in [3.63, 3.8) is 0 Å². The number of amides is 1. The molecule has 0 aliphatic heterocycles. The van der Waals surface area contributed by atoms with E-state index in [1.807, 2.05) is 29.2 Å². The third-order valence-electron chi connectivity index (χ3n) is 3.06. The molecule has 3 heteroatoms. The lowest BCUT2D eigenvalue weighted by Crippen LogP contribution is -2.34. The Morgan fingerprint density at radius 3 is 2.71 bits per heavy atom. The van der Waals surface area contributed by atoms with Gasteiger partial charge in [-0.1, -0.05) is 19.1 Å². The highest BCUT2D eigenvalue weighted by Crippen LogP contribution is 2.30. The van der Waals surface area contributed by atoms with E-state index >= 15 is 0 Å².